The zero-order valence-electron chi connectivity index (χ0n) is 32.4. The number of hydrogen-bond acceptors (Lipinski definition) is 3. The first-order chi connectivity index (χ1) is 29.3. The first-order valence-electron chi connectivity index (χ1n) is 20.5. The van der Waals surface area contributed by atoms with Crippen LogP contribution in [0.3, 0.4) is 0 Å². The summed E-state index contributed by atoms with van der Waals surface area (Å²) < 4.78 is 0. The fourth-order valence-electron chi connectivity index (χ4n) is 10.1. The van der Waals surface area contributed by atoms with Crippen molar-refractivity contribution in [1.82, 2.24) is 0 Å². The van der Waals surface area contributed by atoms with Crippen molar-refractivity contribution in [1.29, 1.82) is 0 Å². The summed E-state index contributed by atoms with van der Waals surface area (Å²) in [5.41, 5.74) is 21.0. The molecule has 0 saturated carbocycles. The Bertz CT molecular complexity index is 2970. The average molecular weight is 752 g/mol. The molecule has 2 aliphatic heterocycles. The minimum Gasteiger partial charge on any atom is -0.311 e. The lowest BCUT2D eigenvalue weighted by Gasteiger charge is -2.45. The monoisotopic (exact) mass is 751 g/mol. The molecule has 9 aromatic rings. The lowest BCUT2D eigenvalue weighted by atomic mass is 9.33. The first-order valence-corrected chi connectivity index (χ1v) is 20.5. The van der Waals surface area contributed by atoms with Crippen molar-refractivity contribution in [2.45, 2.75) is 5.92 Å². The van der Waals surface area contributed by atoms with Crippen LogP contribution < -0.4 is 31.1 Å². The molecule has 3 nitrogen and oxygen atoms in total. The van der Waals surface area contributed by atoms with Crippen molar-refractivity contribution in [3.05, 3.63) is 241 Å². The third-order valence-electron chi connectivity index (χ3n) is 12.5. The highest BCUT2D eigenvalue weighted by Gasteiger charge is 2.45. The van der Waals surface area contributed by atoms with E-state index >= 15 is 0 Å². The summed E-state index contributed by atoms with van der Waals surface area (Å²) in [6.45, 7) is -0.00434. The minimum absolute atomic E-state index is 0.00434. The molecule has 2 heterocycles. The second-order valence-corrected chi connectivity index (χ2v) is 15.7. The van der Waals surface area contributed by atoms with Gasteiger partial charge in [0.05, 0.1) is 5.69 Å². The highest BCUT2D eigenvalue weighted by Crippen LogP contribution is 2.52. The SMILES string of the molecule is c1ccc(C2c3ccccc3-c3cc4c(cc32)N(c2ccccc2)c2cc(N(c3ccccc3)c3ccccc3)cc3c2B4c2ccccc2N3c2ccccc2)cc1. The fourth-order valence-corrected chi connectivity index (χ4v) is 10.1. The first kappa shape index (κ1) is 33.6. The van der Waals surface area contributed by atoms with Gasteiger partial charge in [-0.3, -0.25) is 0 Å². The van der Waals surface area contributed by atoms with Crippen LogP contribution in [0.4, 0.5) is 51.2 Å². The topological polar surface area (TPSA) is 9.72 Å². The lowest BCUT2D eigenvalue weighted by Crippen LogP contribution is -2.61. The molecule has 0 spiro atoms. The number of para-hydroxylation sites is 5. The summed E-state index contributed by atoms with van der Waals surface area (Å²) in [5, 5.41) is 0. The molecular formula is C55H38BN3. The van der Waals surface area contributed by atoms with Crippen molar-refractivity contribution in [2.24, 2.45) is 0 Å². The van der Waals surface area contributed by atoms with E-state index < -0.39 is 0 Å². The van der Waals surface area contributed by atoms with E-state index in [9.17, 15) is 0 Å². The minimum atomic E-state index is -0.00434. The molecule has 12 rings (SSSR count). The molecule has 0 fully saturated rings. The van der Waals surface area contributed by atoms with Crippen molar-refractivity contribution < 1.29 is 0 Å². The van der Waals surface area contributed by atoms with Crippen LogP contribution in [-0.2, 0) is 0 Å². The van der Waals surface area contributed by atoms with Crippen molar-refractivity contribution in [3.63, 3.8) is 0 Å². The largest absolute Gasteiger partial charge is 0.311 e. The Morgan fingerprint density at radius 3 is 1.49 bits per heavy atom. The molecule has 0 amide bonds. The van der Waals surface area contributed by atoms with Gasteiger partial charge in [0, 0.05) is 51.4 Å². The Kier molecular flexibility index (Phi) is 7.70. The van der Waals surface area contributed by atoms with Gasteiger partial charge in [-0.2, -0.15) is 0 Å². The number of hydrogen-bond donors (Lipinski definition) is 0. The predicted molar refractivity (Wildman–Crippen MR) is 248 cm³/mol. The van der Waals surface area contributed by atoms with Gasteiger partial charge in [0.1, 0.15) is 0 Å². The van der Waals surface area contributed by atoms with Gasteiger partial charge in [-0.25, -0.2) is 0 Å². The van der Waals surface area contributed by atoms with E-state index in [1.165, 1.54) is 67.0 Å². The molecule has 0 radical (unpaired) electrons. The fraction of sp³-hybridized carbons (Fsp3) is 0.0182. The normalized spacial score (nSPS) is 14.2. The number of fused-ring (bicyclic) bond motifs is 7. The van der Waals surface area contributed by atoms with Crippen molar-refractivity contribution in [3.8, 4) is 11.1 Å². The van der Waals surface area contributed by atoms with Gasteiger partial charge in [0.2, 0.25) is 0 Å². The van der Waals surface area contributed by atoms with E-state index in [0.29, 0.717) is 0 Å². The maximum Gasteiger partial charge on any atom is 0.252 e. The molecule has 0 aromatic heterocycles. The molecule has 0 saturated heterocycles. The van der Waals surface area contributed by atoms with E-state index in [0.717, 1.165) is 28.4 Å². The quantitative estimate of drug-likeness (QED) is 0.157. The van der Waals surface area contributed by atoms with Gasteiger partial charge in [-0.15, -0.1) is 0 Å². The van der Waals surface area contributed by atoms with Crippen LogP contribution in [0.2, 0.25) is 0 Å². The van der Waals surface area contributed by atoms with E-state index in [1.54, 1.807) is 0 Å². The summed E-state index contributed by atoms with van der Waals surface area (Å²) >= 11 is 0. The standard InChI is InChI=1S/C55H38BN3/c1-6-20-38(21-7-1)54-45-31-17-16-30-44(45)46-36-49-51(37-47(46)54)59(42-28-14-5-15-29-42)53-35-43(57(39-22-8-2-9-23-39)40-24-10-3-11-25-40)34-52-55(53)56(49)48-32-18-19-33-50(48)58(52)41-26-12-4-13-27-41/h1-37,54H. The highest BCUT2D eigenvalue weighted by atomic mass is 15.2. The van der Waals surface area contributed by atoms with Crippen molar-refractivity contribution in [2.75, 3.05) is 14.7 Å². The van der Waals surface area contributed by atoms with Crippen LogP contribution in [-0.4, -0.2) is 6.71 Å². The van der Waals surface area contributed by atoms with Gasteiger partial charge < -0.3 is 14.7 Å². The summed E-state index contributed by atoms with van der Waals surface area (Å²) in [6, 6.07) is 82.5. The van der Waals surface area contributed by atoms with Crippen LogP contribution in [0.25, 0.3) is 11.1 Å². The number of nitrogens with zero attached hydrogens (tertiary/aromatic N) is 3. The molecule has 276 valence electrons. The molecule has 3 aliphatic rings. The summed E-state index contributed by atoms with van der Waals surface area (Å²) in [7, 11) is 0. The second-order valence-electron chi connectivity index (χ2n) is 15.7. The van der Waals surface area contributed by atoms with Gasteiger partial charge in [0.15, 0.2) is 0 Å². The Balaban J connectivity index is 1.20. The molecule has 1 aliphatic carbocycles. The smallest absolute Gasteiger partial charge is 0.252 e. The van der Waals surface area contributed by atoms with Gasteiger partial charge >= 0.3 is 0 Å². The van der Waals surface area contributed by atoms with Crippen LogP contribution in [0, 0.1) is 0 Å². The highest BCUT2D eigenvalue weighted by molar-refractivity contribution is 7.00. The van der Waals surface area contributed by atoms with Crippen LogP contribution in [0.1, 0.15) is 22.6 Å². The Morgan fingerprint density at radius 2 is 0.864 bits per heavy atom. The number of anilines is 9. The molecule has 0 N–H and O–H groups in total. The third-order valence-corrected chi connectivity index (χ3v) is 12.5. The van der Waals surface area contributed by atoms with Gasteiger partial charge in [0.25, 0.3) is 6.71 Å². The van der Waals surface area contributed by atoms with E-state index in [1.807, 2.05) is 0 Å². The van der Waals surface area contributed by atoms with Gasteiger partial charge in [-0.05, 0) is 117 Å². The zero-order chi connectivity index (χ0) is 38.9. The van der Waals surface area contributed by atoms with Crippen LogP contribution in [0.5, 0.6) is 0 Å². The second kappa shape index (κ2) is 13.5. The molecule has 59 heavy (non-hydrogen) atoms. The molecule has 1 unspecified atom stereocenters. The predicted octanol–water partition coefficient (Wildman–Crippen LogP) is 12.4. The molecule has 0 bridgehead atoms. The Labute approximate surface area is 345 Å². The molecule has 9 aromatic carbocycles. The van der Waals surface area contributed by atoms with E-state index in [4.69, 9.17) is 0 Å². The van der Waals surface area contributed by atoms with E-state index in [-0.39, 0.29) is 12.6 Å². The molecule has 4 heteroatoms. The summed E-state index contributed by atoms with van der Waals surface area (Å²) in [5.74, 6) is 0.132. The third kappa shape index (κ3) is 5.23. The van der Waals surface area contributed by atoms with E-state index in [2.05, 4.69) is 239 Å². The maximum atomic E-state index is 2.55. The zero-order valence-corrected chi connectivity index (χ0v) is 32.4. The summed E-state index contributed by atoms with van der Waals surface area (Å²) in [4.78, 5) is 7.44. The van der Waals surface area contributed by atoms with Crippen LogP contribution >= 0.6 is 0 Å². The maximum absolute atomic E-state index is 2.55. The Morgan fingerprint density at radius 1 is 0.356 bits per heavy atom. The van der Waals surface area contributed by atoms with Crippen LogP contribution in [0.15, 0.2) is 224 Å². The van der Waals surface area contributed by atoms with Gasteiger partial charge in [-0.1, -0.05) is 152 Å². The molecule has 1 atom stereocenters. The number of benzene rings is 9. The van der Waals surface area contributed by atoms with Crippen molar-refractivity contribution >= 4 is 74.3 Å². The lowest BCUT2D eigenvalue weighted by molar-refractivity contribution is 1.01. The molecular weight excluding hydrogens is 713 g/mol. The number of rotatable bonds is 6. The average Bonchev–Trinajstić information content (AvgIpc) is 3.63. The Hall–Kier alpha value is -7.56. The summed E-state index contributed by atoms with van der Waals surface area (Å²) in [6.07, 6.45) is 0.